The van der Waals surface area contributed by atoms with E-state index in [4.69, 9.17) is 0 Å². The minimum Gasteiger partial charge on any atom is -0.340 e. The van der Waals surface area contributed by atoms with Crippen molar-refractivity contribution in [2.24, 2.45) is 0 Å². The third-order valence-electron chi connectivity index (χ3n) is 5.63. The van der Waals surface area contributed by atoms with E-state index in [1.165, 1.54) is 25.7 Å². The van der Waals surface area contributed by atoms with E-state index in [2.05, 4.69) is 4.90 Å². The lowest BCUT2D eigenvalue weighted by molar-refractivity contribution is -0.142. The first-order chi connectivity index (χ1) is 10.7. The van der Waals surface area contributed by atoms with Gasteiger partial charge in [-0.15, -0.1) is 0 Å². The van der Waals surface area contributed by atoms with Gasteiger partial charge < -0.3 is 9.80 Å². The average Bonchev–Trinajstić information content (AvgIpc) is 3.14. The monoisotopic (exact) mass is 307 g/mol. The van der Waals surface area contributed by atoms with Crippen molar-refractivity contribution in [3.63, 3.8) is 0 Å². The van der Waals surface area contributed by atoms with Crippen molar-refractivity contribution in [2.45, 2.75) is 64.0 Å². The number of likely N-dealkylation sites (tertiary alicyclic amines) is 1. The van der Waals surface area contributed by atoms with Crippen molar-refractivity contribution in [3.05, 3.63) is 0 Å². The molecule has 0 aromatic heterocycles. The average molecular weight is 307 g/mol. The Morgan fingerprint density at radius 2 is 1.59 bits per heavy atom. The smallest absolute Gasteiger partial charge is 0.245 e. The molecule has 124 valence electrons. The first-order valence-corrected chi connectivity index (χ1v) is 8.97. The highest BCUT2D eigenvalue weighted by molar-refractivity contribution is 5.87. The molecule has 2 heterocycles. The van der Waals surface area contributed by atoms with Crippen molar-refractivity contribution in [2.75, 3.05) is 32.7 Å². The molecule has 0 spiro atoms. The standard InChI is InChI=1S/C17H29N3O2/c1-14(21)20-11-4-8-16(20)17(22)19-10-5-9-18(12-13-19)15-6-2-3-7-15/h15-16H,2-13H2,1H3/t16-/m1/s1. The normalized spacial score (nSPS) is 28.1. The predicted molar refractivity (Wildman–Crippen MR) is 85.4 cm³/mol. The Morgan fingerprint density at radius 1 is 0.818 bits per heavy atom. The minimum absolute atomic E-state index is 0.0401. The summed E-state index contributed by atoms with van der Waals surface area (Å²) < 4.78 is 0. The summed E-state index contributed by atoms with van der Waals surface area (Å²) in [5.74, 6) is 0.222. The Kier molecular flexibility index (Phi) is 5.01. The lowest BCUT2D eigenvalue weighted by Crippen LogP contribution is -2.48. The largest absolute Gasteiger partial charge is 0.340 e. The fourth-order valence-corrected chi connectivity index (χ4v) is 4.40. The van der Waals surface area contributed by atoms with Crippen LogP contribution in [0.3, 0.4) is 0 Å². The van der Waals surface area contributed by atoms with Crippen LogP contribution in [-0.4, -0.2) is 71.3 Å². The first kappa shape index (κ1) is 15.8. The molecule has 5 nitrogen and oxygen atoms in total. The molecule has 2 aliphatic heterocycles. The molecule has 5 heteroatoms. The molecule has 0 unspecified atom stereocenters. The third-order valence-corrected chi connectivity index (χ3v) is 5.63. The molecule has 2 saturated heterocycles. The van der Waals surface area contributed by atoms with E-state index in [1.807, 2.05) is 4.90 Å². The maximum Gasteiger partial charge on any atom is 0.245 e. The van der Waals surface area contributed by atoms with Gasteiger partial charge in [0.2, 0.25) is 11.8 Å². The topological polar surface area (TPSA) is 43.9 Å². The molecule has 0 aromatic carbocycles. The lowest BCUT2D eigenvalue weighted by Gasteiger charge is -2.30. The molecule has 0 aromatic rings. The molecular formula is C17H29N3O2. The maximum absolute atomic E-state index is 12.8. The molecule has 3 rings (SSSR count). The molecule has 1 aliphatic carbocycles. The zero-order valence-electron chi connectivity index (χ0n) is 13.8. The summed E-state index contributed by atoms with van der Waals surface area (Å²) in [6, 6.07) is 0.547. The molecule has 22 heavy (non-hydrogen) atoms. The molecule has 0 radical (unpaired) electrons. The zero-order valence-corrected chi connectivity index (χ0v) is 13.8. The van der Waals surface area contributed by atoms with Gasteiger partial charge in [-0.25, -0.2) is 0 Å². The highest BCUT2D eigenvalue weighted by Crippen LogP contribution is 2.25. The summed E-state index contributed by atoms with van der Waals surface area (Å²) in [7, 11) is 0. The van der Waals surface area contributed by atoms with Gasteiger partial charge in [-0.2, -0.15) is 0 Å². The van der Waals surface area contributed by atoms with E-state index in [9.17, 15) is 9.59 Å². The van der Waals surface area contributed by atoms with Gasteiger partial charge in [0.25, 0.3) is 0 Å². The molecule has 3 aliphatic rings. The van der Waals surface area contributed by atoms with Crippen LogP contribution in [0.4, 0.5) is 0 Å². The minimum atomic E-state index is -0.199. The second-order valence-electron chi connectivity index (χ2n) is 7.02. The second-order valence-corrected chi connectivity index (χ2v) is 7.02. The molecule has 3 fully saturated rings. The molecular weight excluding hydrogens is 278 g/mol. The molecule has 0 N–H and O–H groups in total. The van der Waals surface area contributed by atoms with Crippen LogP contribution in [-0.2, 0) is 9.59 Å². The van der Waals surface area contributed by atoms with E-state index < -0.39 is 0 Å². The van der Waals surface area contributed by atoms with Gasteiger partial charge in [0, 0.05) is 45.7 Å². The number of carbonyl (C=O) groups is 2. The fourth-order valence-electron chi connectivity index (χ4n) is 4.40. The number of rotatable bonds is 2. The van der Waals surface area contributed by atoms with Gasteiger partial charge in [0.05, 0.1) is 0 Å². The van der Waals surface area contributed by atoms with E-state index in [0.717, 1.165) is 58.0 Å². The number of nitrogens with zero attached hydrogens (tertiary/aromatic N) is 3. The molecule has 2 amide bonds. The van der Waals surface area contributed by atoms with Crippen LogP contribution >= 0.6 is 0 Å². The summed E-state index contributed by atoms with van der Waals surface area (Å²) in [6.45, 7) is 6.13. The van der Waals surface area contributed by atoms with Gasteiger partial charge in [0.15, 0.2) is 0 Å². The first-order valence-electron chi connectivity index (χ1n) is 8.97. The number of hydrogen-bond acceptors (Lipinski definition) is 3. The highest BCUT2D eigenvalue weighted by Gasteiger charge is 2.36. The summed E-state index contributed by atoms with van der Waals surface area (Å²) >= 11 is 0. The van der Waals surface area contributed by atoms with Crippen molar-refractivity contribution in [1.29, 1.82) is 0 Å². The number of hydrogen-bond donors (Lipinski definition) is 0. The SMILES string of the molecule is CC(=O)N1CCC[C@@H]1C(=O)N1CCCN(C2CCCC2)CC1. The van der Waals surface area contributed by atoms with Crippen LogP contribution in [0.1, 0.15) is 51.9 Å². The van der Waals surface area contributed by atoms with Crippen LogP contribution in [0.25, 0.3) is 0 Å². The van der Waals surface area contributed by atoms with Crippen LogP contribution in [0.15, 0.2) is 0 Å². The van der Waals surface area contributed by atoms with Crippen molar-refractivity contribution in [3.8, 4) is 0 Å². The lowest BCUT2D eigenvalue weighted by atomic mass is 10.2. The zero-order chi connectivity index (χ0) is 15.5. The van der Waals surface area contributed by atoms with E-state index in [-0.39, 0.29) is 17.9 Å². The van der Waals surface area contributed by atoms with Gasteiger partial charge in [-0.3, -0.25) is 14.5 Å². The third kappa shape index (κ3) is 3.29. The Labute approximate surface area is 133 Å². The van der Waals surface area contributed by atoms with Crippen LogP contribution < -0.4 is 0 Å². The van der Waals surface area contributed by atoms with Crippen molar-refractivity contribution >= 4 is 11.8 Å². The van der Waals surface area contributed by atoms with E-state index >= 15 is 0 Å². The van der Waals surface area contributed by atoms with Gasteiger partial charge >= 0.3 is 0 Å². The molecule has 1 atom stereocenters. The van der Waals surface area contributed by atoms with Crippen molar-refractivity contribution < 1.29 is 9.59 Å². The molecule has 1 saturated carbocycles. The Morgan fingerprint density at radius 3 is 2.32 bits per heavy atom. The predicted octanol–water partition coefficient (Wildman–Crippen LogP) is 1.47. The van der Waals surface area contributed by atoms with Crippen molar-refractivity contribution in [1.82, 2.24) is 14.7 Å². The van der Waals surface area contributed by atoms with Crippen LogP contribution in [0, 0.1) is 0 Å². The number of carbonyl (C=O) groups excluding carboxylic acids is 2. The Bertz CT molecular complexity index is 420. The summed E-state index contributed by atoms with van der Waals surface area (Å²) in [5, 5.41) is 0. The van der Waals surface area contributed by atoms with Crippen LogP contribution in [0.2, 0.25) is 0 Å². The van der Waals surface area contributed by atoms with Crippen LogP contribution in [0.5, 0.6) is 0 Å². The summed E-state index contributed by atoms with van der Waals surface area (Å²) in [6.07, 6.45) is 8.23. The number of amides is 2. The second kappa shape index (κ2) is 6.99. The van der Waals surface area contributed by atoms with E-state index in [0.29, 0.717) is 0 Å². The Balaban J connectivity index is 1.58. The maximum atomic E-state index is 12.8. The van der Waals surface area contributed by atoms with Gasteiger partial charge in [-0.05, 0) is 32.1 Å². The summed E-state index contributed by atoms with van der Waals surface area (Å²) in [5.41, 5.74) is 0. The highest BCUT2D eigenvalue weighted by atomic mass is 16.2. The molecule has 0 bridgehead atoms. The van der Waals surface area contributed by atoms with E-state index in [1.54, 1.807) is 11.8 Å². The summed E-state index contributed by atoms with van der Waals surface area (Å²) in [4.78, 5) is 30.9. The van der Waals surface area contributed by atoms with Gasteiger partial charge in [0.1, 0.15) is 6.04 Å². The quantitative estimate of drug-likeness (QED) is 0.776. The fraction of sp³-hybridized carbons (Fsp3) is 0.882. The van der Waals surface area contributed by atoms with Gasteiger partial charge in [-0.1, -0.05) is 12.8 Å². The Hall–Kier alpha value is -1.10.